The monoisotopic (exact) mass is 293 g/mol. The van der Waals surface area contributed by atoms with Gasteiger partial charge in [0.15, 0.2) is 0 Å². The summed E-state index contributed by atoms with van der Waals surface area (Å²) in [4.78, 5) is 0. The molecule has 20 heavy (non-hydrogen) atoms. The molecule has 106 valence electrons. The molecule has 0 saturated heterocycles. The van der Waals surface area contributed by atoms with Crippen molar-refractivity contribution in [3.05, 3.63) is 64.4 Å². The highest BCUT2D eigenvalue weighted by Crippen LogP contribution is 2.24. The summed E-state index contributed by atoms with van der Waals surface area (Å²) in [6, 6.07) is 12.4. The molecule has 0 radical (unpaired) electrons. The van der Waals surface area contributed by atoms with E-state index in [4.69, 9.17) is 16.3 Å². The lowest BCUT2D eigenvalue weighted by Gasteiger charge is -2.08. The van der Waals surface area contributed by atoms with Crippen LogP contribution < -0.4 is 10.1 Å². The molecule has 4 heteroatoms. The minimum Gasteiger partial charge on any atom is -0.495 e. The molecular weight excluding hydrogens is 277 g/mol. The predicted molar refractivity (Wildman–Crippen MR) is 79.8 cm³/mol. The first-order chi connectivity index (χ1) is 9.69. The Morgan fingerprint density at radius 3 is 2.70 bits per heavy atom. The van der Waals surface area contributed by atoms with Gasteiger partial charge in [0.05, 0.1) is 12.1 Å². The molecule has 0 fully saturated rings. The van der Waals surface area contributed by atoms with Crippen LogP contribution in [0.2, 0.25) is 5.02 Å². The van der Waals surface area contributed by atoms with Crippen LogP contribution in [-0.2, 0) is 13.0 Å². The Morgan fingerprint density at radius 2 is 2.00 bits per heavy atom. The van der Waals surface area contributed by atoms with E-state index in [1.54, 1.807) is 19.2 Å². The van der Waals surface area contributed by atoms with E-state index in [0.29, 0.717) is 10.8 Å². The van der Waals surface area contributed by atoms with Gasteiger partial charge in [-0.25, -0.2) is 4.39 Å². The van der Waals surface area contributed by atoms with Crippen LogP contribution >= 0.6 is 11.6 Å². The number of benzene rings is 2. The lowest BCUT2D eigenvalue weighted by molar-refractivity contribution is 0.415. The number of hydrogen-bond donors (Lipinski definition) is 1. The van der Waals surface area contributed by atoms with Gasteiger partial charge in [-0.05, 0) is 48.4 Å². The molecule has 0 aliphatic heterocycles. The van der Waals surface area contributed by atoms with Gasteiger partial charge >= 0.3 is 0 Å². The molecule has 0 aromatic heterocycles. The second-order valence-corrected chi connectivity index (χ2v) is 4.93. The maximum Gasteiger partial charge on any atom is 0.137 e. The first-order valence-corrected chi connectivity index (χ1v) is 6.84. The number of rotatable bonds is 6. The third-order valence-corrected chi connectivity index (χ3v) is 3.32. The van der Waals surface area contributed by atoms with E-state index in [-0.39, 0.29) is 5.82 Å². The van der Waals surface area contributed by atoms with Gasteiger partial charge in [0.25, 0.3) is 0 Å². The van der Waals surface area contributed by atoms with Gasteiger partial charge in [0.1, 0.15) is 11.6 Å². The Labute approximate surface area is 123 Å². The van der Waals surface area contributed by atoms with E-state index in [1.165, 1.54) is 6.07 Å². The van der Waals surface area contributed by atoms with Crippen molar-refractivity contribution in [2.24, 2.45) is 0 Å². The fourth-order valence-electron chi connectivity index (χ4n) is 1.98. The Hall–Kier alpha value is -1.58. The zero-order valence-corrected chi connectivity index (χ0v) is 12.1. The van der Waals surface area contributed by atoms with E-state index < -0.39 is 0 Å². The van der Waals surface area contributed by atoms with E-state index >= 15 is 0 Å². The van der Waals surface area contributed by atoms with Gasteiger partial charge in [-0.2, -0.15) is 0 Å². The molecule has 0 aliphatic rings. The highest BCUT2D eigenvalue weighted by molar-refractivity contribution is 6.32. The average molecular weight is 294 g/mol. The molecule has 0 bridgehead atoms. The maximum atomic E-state index is 13.0. The Bertz CT molecular complexity index is 574. The molecule has 1 N–H and O–H groups in total. The number of halogens is 2. The summed E-state index contributed by atoms with van der Waals surface area (Å²) in [6.45, 7) is 1.51. The summed E-state index contributed by atoms with van der Waals surface area (Å²) in [6.07, 6.45) is 0.793. The molecule has 0 aliphatic carbocycles. The van der Waals surface area contributed by atoms with Crippen molar-refractivity contribution in [3.8, 4) is 5.75 Å². The number of methoxy groups -OCH3 is 1. The zero-order valence-electron chi connectivity index (χ0n) is 11.3. The summed E-state index contributed by atoms with van der Waals surface area (Å²) in [5.41, 5.74) is 2.08. The molecule has 0 spiro atoms. The van der Waals surface area contributed by atoms with Crippen LogP contribution in [0.1, 0.15) is 11.1 Å². The van der Waals surface area contributed by atoms with Gasteiger partial charge in [-0.3, -0.25) is 0 Å². The highest BCUT2D eigenvalue weighted by atomic mass is 35.5. The summed E-state index contributed by atoms with van der Waals surface area (Å²) in [5.74, 6) is 0.486. The summed E-state index contributed by atoms with van der Waals surface area (Å²) in [5, 5.41) is 3.92. The van der Waals surface area contributed by atoms with Crippen molar-refractivity contribution in [3.63, 3.8) is 0 Å². The average Bonchev–Trinajstić information content (AvgIpc) is 2.44. The molecule has 0 atom stereocenters. The molecule has 0 amide bonds. The fraction of sp³-hybridized carbons (Fsp3) is 0.250. The molecule has 0 unspecified atom stereocenters. The van der Waals surface area contributed by atoms with Crippen molar-refractivity contribution in [2.45, 2.75) is 13.0 Å². The summed E-state index contributed by atoms with van der Waals surface area (Å²) in [7, 11) is 1.60. The first kappa shape index (κ1) is 14.8. The summed E-state index contributed by atoms with van der Waals surface area (Å²) < 4.78 is 18.1. The molecular formula is C16H17ClFNO. The predicted octanol–water partition coefficient (Wildman–Crippen LogP) is 3.82. The van der Waals surface area contributed by atoms with Crippen LogP contribution in [0.15, 0.2) is 42.5 Å². The van der Waals surface area contributed by atoms with Crippen molar-refractivity contribution in [1.82, 2.24) is 5.32 Å². The summed E-state index contributed by atoms with van der Waals surface area (Å²) >= 11 is 6.06. The van der Waals surface area contributed by atoms with Crippen molar-refractivity contribution < 1.29 is 9.13 Å². The van der Waals surface area contributed by atoms with Crippen molar-refractivity contribution in [2.75, 3.05) is 13.7 Å². The Kier molecular flexibility index (Phi) is 5.39. The SMILES string of the molecule is COc1ccc(CNCCc2cccc(F)c2)cc1Cl. The molecule has 2 rings (SSSR count). The minimum absolute atomic E-state index is 0.190. The standard InChI is InChI=1S/C16H17ClFNO/c1-20-16-6-5-13(10-15(16)17)11-19-8-7-12-3-2-4-14(18)9-12/h2-6,9-10,19H,7-8,11H2,1H3. The quantitative estimate of drug-likeness (QED) is 0.818. The Morgan fingerprint density at radius 1 is 1.15 bits per heavy atom. The smallest absolute Gasteiger partial charge is 0.137 e. The van der Waals surface area contributed by atoms with Crippen molar-refractivity contribution >= 4 is 11.6 Å². The topological polar surface area (TPSA) is 21.3 Å². The van der Waals surface area contributed by atoms with Crippen LogP contribution in [0, 0.1) is 5.82 Å². The van der Waals surface area contributed by atoms with E-state index in [0.717, 1.165) is 30.6 Å². The number of ether oxygens (including phenoxy) is 1. The molecule has 0 saturated carbocycles. The van der Waals surface area contributed by atoms with E-state index in [1.807, 2.05) is 24.3 Å². The fourth-order valence-corrected chi connectivity index (χ4v) is 2.26. The number of hydrogen-bond acceptors (Lipinski definition) is 2. The van der Waals surface area contributed by atoms with E-state index in [2.05, 4.69) is 5.32 Å². The van der Waals surface area contributed by atoms with Gasteiger partial charge in [0.2, 0.25) is 0 Å². The minimum atomic E-state index is -0.190. The van der Waals surface area contributed by atoms with Gasteiger partial charge < -0.3 is 10.1 Å². The van der Waals surface area contributed by atoms with Crippen LogP contribution in [0.3, 0.4) is 0 Å². The lowest BCUT2D eigenvalue weighted by atomic mass is 10.1. The largest absolute Gasteiger partial charge is 0.495 e. The molecule has 2 aromatic rings. The molecule has 2 nitrogen and oxygen atoms in total. The van der Waals surface area contributed by atoms with Crippen LogP contribution in [0.5, 0.6) is 5.75 Å². The lowest BCUT2D eigenvalue weighted by Crippen LogP contribution is -2.16. The maximum absolute atomic E-state index is 13.0. The van der Waals surface area contributed by atoms with Crippen LogP contribution in [-0.4, -0.2) is 13.7 Å². The Balaban J connectivity index is 1.80. The van der Waals surface area contributed by atoms with Gasteiger partial charge in [0, 0.05) is 6.54 Å². The molecule has 2 aromatic carbocycles. The van der Waals surface area contributed by atoms with Crippen LogP contribution in [0.4, 0.5) is 4.39 Å². The van der Waals surface area contributed by atoms with Gasteiger partial charge in [-0.1, -0.05) is 29.8 Å². The second-order valence-electron chi connectivity index (χ2n) is 4.53. The van der Waals surface area contributed by atoms with E-state index in [9.17, 15) is 4.39 Å². The normalized spacial score (nSPS) is 10.6. The zero-order chi connectivity index (χ0) is 14.4. The third kappa shape index (κ3) is 4.22. The highest BCUT2D eigenvalue weighted by Gasteiger charge is 2.01. The first-order valence-electron chi connectivity index (χ1n) is 6.46. The van der Waals surface area contributed by atoms with Gasteiger partial charge in [-0.15, -0.1) is 0 Å². The number of nitrogens with one attached hydrogen (secondary N) is 1. The second kappa shape index (κ2) is 7.27. The van der Waals surface area contributed by atoms with Crippen molar-refractivity contribution in [1.29, 1.82) is 0 Å². The third-order valence-electron chi connectivity index (χ3n) is 3.02. The molecule has 0 heterocycles. The van der Waals surface area contributed by atoms with Crippen LogP contribution in [0.25, 0.3) is 0 Å².